The van der Waals surface area contributed by atoms with Crippen LogP contribution in [0.5, 0.6) is 0 Å². The lowest BCUT2D eigenvalue weighted by atomic mass is 10.1. The van der Waals surface area contributed by atoms with E-state index in [9.17, 15) is 9.18 Å². The van der Waals surface area contributed by atoms with Crippen molar-refractivity contribution in [2.45, 2.75) is 13.0 Å². The number of nitriles is 1. The van der Waals surface area contributed by atoms with Crippen molar-refractivity contribution in [2.24, 2.45) is 0 Å². The Balaban J connectivity index is 2.11. The molecule has 0 aliphatic heterocycles. The molecular formula is C16H13FN2O. The van der Waals surface area contributed by atoms with Crippen LogP contribution in [0.3, 0.4) is 0 Å². The van der Waals surface area contributed by atoms with Crippen LogP contribution >= 0.6 is 0 Å². The molecule has 4 heteroatoms. The van der Waals surface area contributed by atoms with Crippen LogP contribution in [0.25, 0.3) is 0 Å². The number of halogens is 1. The third kappa shape index (κ3) is 3.01. The van der Waals surface area contributed by atoms with Gasteiger partial charge in [0.15, 0.2) is 0 Å². The molecule has 20 heavy (non-hydrogen) atoms. The summed E-state index contributed by atoms with van der Waals surface area (Å²) in [5.41, 5.74) is 1.37. The fraction of sp³-hybridized carbons (Fsp3) is 0.125. The largest absolute Gasteiger partial charge is 0.345 e. The lowest BCUT2D eigenvalue weighted by Gasteiger charge is -2.15. The van der Waals surface area contributed by atoms with E-state index in [4.69, 9.17) is 5.26 Å². The average Bonchev–Trinajstić information content (AvgIpc) is 2.47. The highest BCUT2D eigenvalue weighted by Gasteiger charge is 2.14. The molecule has 2 aromatic carbocycles. The zero-order valence-electron chi connectivity index (χ0n) is 10.9. The Morgan fingerprint density at radius 1 is 1.20 bits per heavy atom. The molecule has 100 valence electrons. The second-order valence-corrected chi connectivity index (χ2v) is 4.41. The molecule has 1 amide bonds. The normalized spacial score (nSPS) is 11.4. The summed E-state index contributed by atoms with van der Waals surface area (Å²) in [5.74, 6) is -0.648. The molecule has 0 aromatic heterocycles. The average molecular weight is 268 g/mol. The molecule has 3 nitrogen and oxygen atoms in total. The summed E-state index contributed by atoms with van der Waals surface area (Å²) in [6, 6.07) is 14.2. The fourth-order valence-corrected chi connectivity index (χ4v) is 1.88. The number of hydrogen-bond donors (Lipinski definition) is 1. The van der Waals surface area contributed by atoms with Gasteiger partial charge in [-0.1, -0.05) is 18.2 Å². The molecule has 1 unspecified atom stereocenters. The maximum Gasteiger partial charge on any atom is 0.251 e. The fourth-order valence-electron chi connectivity index (χ4n) is 1.88. The predicted molar refractivity (Wildman–Crippen MR) is 73.4 cm³/mol. The molecule has 0 heterocycles. The lowest BCUT2D eigenvalue weighted by Crippen LogP contribution is -2.27. The van der Waals surface area contributed by atoms with Gasteiger partial charge in [0.2, 0.25) is 0 Å². The van der Waals surface area contributed by atoms with E-state index >= 15 is 0 Å². The number of carbonyl (C=O) groups excluding carboxylic acids is 1. The number of rotatable bonds is 3. The van der Waals surface area contributed by atoms with Gasteiger partial charge in [0.05, 0.1) is 17.7 Å². The highest BCUT2D eigenvalue weighted by Crippen LogP contribution is 2.16. The number of carbonyl (C=O) groups is 1. The van der Waals surface area contributed by atoms with E-state index in [0.717, 1.165) is 0 Å². The van der Waals surface area contributed by atoms with Gasteiger partial charge in [-0.15, -0.1) is 0 Å². The minimum atomic E-state index is -0.431. The summed E-state index contributed by atoms with van der Waals surface area (Å²) < 4.78 is 13.6. The van der Waals surface area contributed by atoms with Gasteiger partial charge in [-0.05, 0) is 37.3 Å². The minimum absolute atomic E-state index is 0.301. The zero-order valence-corrected chi connectivity index (χ0v) is 10.9. The molecule has 0 aliphatic carbocycles. The Bertz CT molecular complexity index is 659. The molecule has 2 rings (SSSR count). The van der Waals surface area contributed by atoms with Crippen molar-refractivity contribution in [3.8, 4) is 6.07 Å². The first-order valence-corrected chi connectivity index (χ1v) is 6.17. The van der Waals surface area contributed by atoms with Crippen molar-refractivity contribution in [1.29, 1.82) is 5.26 Å². The summed E-state index contributed by atoms with van der Waals surface area (Å²) in [7, 11) is 0. The van der Waals surface area contributed by atoms with E-state index < -0.39 is 6.04 Å². The second kappa shape index (κ2) is 5.98. The topological polar surface area (TPSA) is 52.9 Å². The van der Waals surface area contributed by atoms with Crippen LogP contribution < -0.4 is 5.32 Å². The number of amides is 1. The zero-order chi connectivity index (χ0) is 14.5. The molecule has 0 bridgehead atoms. The number of hydrogen-bond acceptors (Lipinski definition) is 2. The summed E-state index contributed by atoms with van der Waals surface area (Å²) in [6.45, 7) is 1.72. The SMILES string of the molecule is CC(NC(=O)c1ccc(C#N)cc1)c1ccccc1F. The van der Waals surface area contributed by atoms with E-state index in [1.165, 1.54) is 6.07 Å². The van der Waals surface area contributed by atoms with E-state index in [2.05, 4.69) is 5.32 Å². The quantitative estimate of drug-likeness (QED) is 0.929. The first-order chi connectivity index (χ1) is 9.61. The molecule has 0 spiro atoms. The number of nitrogens with zero attached hydrogens (tertiary/aromatic N) is 1. The number of benzene rings is 2. The van der Waals surface area contributed by atoms with E-state index in [0.29, 0.717) is 16.7 Å². The molecular weight excluding hydrogens is 255 g/mol. The smallest absolute Gasteiger partial charge is 0.251 e. The molecule has 0 fully saturated rings. The highest BCUT2D eigenvalue weighted by molar-refractivity contribution is 5.94. The van der Waals surface area contributed by atoms with Gasteiger partial charge < -0.3 is 5.32 Å². The third-order valence-corrected chi connectivity index (χ3v) is 3.00. The minimum Gasteiger partial charge on any atom is -0.345 e. The molecule has 0 saturated carbocycles. The molecule has 0 radical (unpaired) electrons. The maximum absolute atomic E-state index is 13.6. The Kier molecular flexibility index (Phi) is 4.11. The van der Waals surface area contributed by atoms with Crippen molar-refractivity contribution >= 4 is 5.91 Å². The molecule has 1 N–H and O–H groups in total. The van der Waals surface area contributed by atoms with Gasteiger partial charge >= 0.3 is 0 Å². The Morgan fingerprint density at radius 2 is 1.85 bits per heavy atom. The molecule has 0 saturated heterocycles. The number of nitrogens with one attached hydrogen (secondary N) is 1. The molecule has 1 atom stereocenters. The van der Waals surface area contributed by atoms with Crippen molar-refractivity contribution in [1.82, 2.24) is 5.32 Å². The van der Waals surface area contributed by atoms with Gasteiger partial charge in [-0.25, -0.2) is 4.39 Å². The standard InChI is InChI=1S/C16H13FN2O/c1-11(14-4-2-3-5-15(14)17)19-16(20)13-8-6-12(10-18)7-9-13/h2-9,11H,1H3,(H,19,20). The van der Waals surface area contributed by atoms with Crippen LogP contribution in [-0.2, 0) is 0 Å². The van der Waals surface area contributed by atoms with Crippen LogP contribution in [0.2, 0.25) is 0 Å². The van der Waals surface area contributed by atoms with Crippen LogP contribution in [0.4, 0.5) is 4.39 Å². The Labute approximate surface area is 116 Å². The van der Waals surface area contributed by atoms with E-state index in [1.807, 2.05) is 6.07 Å². The first kappa shape index (κ1) is 13.8. The third-order valence-electron chi connectivity index (χ3n) is 3.00. The lowest BCUT2D eigenvalue weighted by molar-refractivity contribution is 0.0939. The Hall–Kier alpha value is -2.67. The molecule has 2 aromatic rings. The Morgan fingerprint density at radius 3 is 2.45 bits per heavy atom. The van der Waals surface area contributed by atoms with Crippen LogP contribution in [-0.4, -0.2) is 5.91 Å². The highest BCUT2D eigenvalue weighted by atomic mass is 19.1. The van der Waals surface area contributed by atoms with Crippen LogP contribution in [0.15, 0.2) is 48.5 Å². The van der Waals surface area contributed by atoms with Crippen molar-refractivity contribution < 1.29 is 9.18 Å². The van der Waals surface area contributed by atoms with Gasteiger partial charge in [-0.3, -0.25) is 4.79 Å². The summed E-state index contributed by atoms with van der Waals surface area (Å²) in [4.78, 5) is 12.0. The van der Waals surface area contributed by atoms with Crippen molar-refractivity contribution in [3.63, 3.8) is 0 Å². The van der Waals surface area contributed by atoms with Crippen molar-refractivity contribution in [2.75, 3.05) is 0 Å². The van der Waals surface area contributed by atoms with E-state index in [1.54, 1.807) is 49.4 Å². The van der Waals surface area contributed by atoms with Crippen LogP contribution in [0.1, 0.15) is 34.5 Å². The van der Waals surface area contributed by atoms with Gasteiger partial charge in [-0.2, -0.15) is 5.26 Å². The van der Waals surface area contributed by atoms with Crippen molar-refractivity contribution in [3.05, 3.63) is 71.0 Å². The van der Waals surface area contributed by atoms with Gasteiger partial charge in [0, 0.05) is 11.1 Å². The van der Waals surface area contributed by atoms with Gasteiger partial charge in [0.25, 0.3) is 5.91 Å². The van der Waals surface area contributed by atoms with E-state index in [-0.39, 0.29) is 11.7 Å². The first-order valence-electron chi connectivity index (χ1n) is 6.17. The summed E-state index contributed by atoms with van der Waals surface area (Å²) in [6.07, 6.45) is 0. The summed E-state index contributed by atoms with van der Waals surface area (Å²) >= 11 is 0. The monoisotopic (exact) mass is 268 g/mol. The summed E-state index contributed by atoms with van der Waals surface area (Å²) in [5, 5.41) is 11.4. The second-order valence-electron chi connectivity index (χ2n) is 4.41. The van der Waals surface area contributed by atoms with Gasteiger partial charge in [0.1, 0.15) is 5.82 Å². The predicted octanol–water partition coefficient (Wildman–Crippen LogP) is 3.19. The molecule has 0 aliphatic rings. The van der Waals surface area contributed by atoms with Crippen LogP contribution in [0, 0.1) is 17.1 Å². The maximum atomic E-state index is 13.6.